The van der Waals surface area contributed by atoms with Crippen molar-refractivity contribution in [2.24, 2.45) is 0 Å². The van der Waals surface area contributed by atoms with Gasteiger partial charge in [0.25, 0.3) is 5.24 Å². The van der Waals surface area contributed by atoms with Gasteiger partial charge in [0.15, 0.2) is 0 Å². The zero-order chi connectivity index (χ0) is 22.2. The van der Waals surface area contributed by atoms with Crippen LogP contribution >= 0.6 is 20.4 Å². The Labute approximate surface area is 186 Å². The van der Waals surface area contributed by atoms with Crippen molar-refractivity contribution in [2.75, 3.05) is 27.9 Å². The van der Waals surface area contributed by atoms with E-state index in [0.29, 0.717) is 17.9 Å². The fourth-order valence-electron chi connectivity index (χ4n) is 2.93. The summed E-state index contributed by atoms with van der Waals surface area (Å²) in [7, 11) is 3.13. The van der Waals surface area contributed by atoms with Crippen molar-refractivity contribution in [2.45, 2.75) is 17.8 Å². The molecule has 1 fully saturated rings. The smallest absolute Gasteiger partial charge is 0.332 e. The molecule has 1 aliphatic heterocycles. The Bertz CT molecular complexity index is 892. The number of carbonyl (C=O) groups is 2. The van der Waals surface area contributed by atoms with Crippen LogP contribution in [0.3, 0.4) is 0 Å². The predicted molar refractivity (Wildman–Crippen MR) is 118 cm³/mol. The zero-order valence-corrected chi connectivity index (χ0v) is 19.1. The van der Waals surface area contributed by atoms with Crippen LogP contribution in [0, 0.1) is 0 Å². The summed E-state index contributed by atoms with van der Waals surface area (Å²) in [5.41, 5.74) is 1.81. The third-order valence-electron chi connectivity index (χ3n) is 4.49. The molecular formula is C21H24NO7PS. The summed E-state index contributed by atoms with van der Waals surface area (Å²) in [6, 6.07) is 14.9. The van der Waals surface area contributed by atoms with Gasteiger partial charge in [0, 0.05) is 14.2 Å². The lowest BCUT2D eigenvalue weighted by Crippen LogP contribution is -2.25. The Kier molecular flexibility index (Phi) is 8.69. The second-order valence-corrected chi connectivity index (χ2v) is 9.07. The molecule has 2 amide bonds. The summed E-state index contributed by atoms with van der Waals surface area (Å²) in [4.78, 5) is 23.0. The molecule has 166 valence electrons. The number of carbonyl (C=O) groups excluding carboxylic acids is 2. The molecule has 1 heterocycles. The molecule has 31 heavy (non-hydrogen) atoms. The largest absolute Gasteiger partial charge is 0.497 e. The Morgan fingerprint density at radius 2 is 1.77 bits per heavy atom. The van der Waals surface area contributed by atoms with Crippen molar-refractivity contribution in [3.8, 4) is 11.5 Å². The lowest BCUT2D eigenvalue weighted by molar-refractivity contribution is -0.118. The molecule has 10 heteroatoms. The highest BCUT2D eigenvalue weighted by Gasteiger charge is 2.31. The lowest BCUT2D eigenvalue weighted by Gasteiger charge is -2.22. The van der Waals surface area contributed by atoms with Gasteiger partial charge in [-0.3, -0.25) is 14.9 Å². The van der Waals surface area contributed by atoms with E-state index in [1.165, 1.54) is 14.2 Å². The molecule has 2 aromatic carbocycles. The number of amides is 2. The highest BCUT2D eigenvalue weighted by molar-refractivity contribution is 8.15. The van der Waals surface area contributed by atoms with Crippen LogP contribution in [0.1, 0.15) is 17.2 Å². The third-order valence-corrected chi connectivity index (χ3v) is 6.49. The van der Waals surface area contributed by atoms with Crippen molar-refractivity contribution in [1.29, 1.82) is 0 Å². The molecule has 1 aliphatic rings. The predicted octanol–water partition coefficient (Wildman–Crippen LogP) is 4.25. The Hall–Kier alpha value is -2.16. The average molecular weight is 465 g/mol. The van der Waals surface area contributed by atoms with E-state index in [9.17, 15) is 9.59 Å². The van der Waals surface area contributed by atoms with Gasteiger partial charge in [-0.2, -0.15) is 0 Å². The van der Waals surface area contributed by atoms with Gasteiger partial charge in [0.2, 0.25) is 5.91 Å². The van der Waals surface area contributed by atoms with Crippen molar-refractivity contribution in [3.63, 3.8) is 0 Å². The third kappa shape index (κ3) is 6.66. The number of imide groups is 1. The number of thioether (sulfide) groups is 1. The van der Waals surface area contributed by atoms with Gasteiger partial charge >= 0.3 is 8.60 Å². The molecule has 2 aromatic rings. The second-order valence-electron chi connectivity index (χ2n) is 6.50. The van der Waals surface area contributed by atoms with Gasteiger partial charge in [0.1, 0.15) is 24.2 Å². The Morgan fingerprint density at radius 1 is 1.03 bits per heavy atom. The van der Waals surface area contributed by atoms with Gasteiger partial charge in [-0.15, -0.1) is 0 Å². The minimum Gasteiger partial charge on any atom is -0.497 e. The number of benzene rings is 2. The first-order valence-corrected chi connectivity index (χ1v) is 11.4. The second kappa shape index (κ2) is 11.5. The normalized spacial score (nSPS) is 17.0. The maximum Gasteiger partial charge on any atom is 0.332 e. The number of hydrogen-bond acceptors (Lipinski definition) is 8. The van der Waals surface area contributed by atoms with E-state index in [2.05, 4.69) is 5.32 Å². The highest BCUT2D eigenvalue weighted by atomic mass is 32.2. The number of ether oxygens (including phenoxy) is 2. The minimum absolute atomic E-state index is 0.230. The van der Waals surface area contributed by atoms with Crippen LogP contribution in [0.5, 0.6) is 11.5 Å². The molecule has 1 saturated heterocycles. The van der Waals surface area contributed by atoms with Crippen LogP contribution in [0.4, 0.5) is 4.79 Å². The molecule has 0 radical (unpaired) electrons. The van der Waals surface area contributed by atoms with Gasteiger partial charge in [0.05, 0.1) is 12.4 Å². The molecule has 0 aliphatic carbocycles. The fraction of sp³-hybridized carbons (Fsp3) is 0.333. The average Bonchev–Trinajstić information content (AvgIpc) is 3.11. The van der Waals surface area contributed by atoms with E-state index in [1.54, 1.807) is 7.11 Å². The van der Waals surface area contributed by atoms with Gasteiger partial charge in [-0.25, -0.2) is 0 Å². The van der Waals surface area contributed by atoms with Crippen molar-refractivity contribution in [3.05, 3.63) is 59.7 Å². The van der Waals surface area contributed by atoms with Crippen molar-refractivity contribution in [1.82, 2.24) is 5.32 Å². The van der Waals surface area contributed by atoms with Crippen LogP contribution in [0.15, 0.2) is 48.5 Å². The standard InChI is InChI=1S/C21H24NO7PS/c1-25-17-6-4-5-15(12-17)18(29-30(26-2)27-3)13-28-16-9-7-14(8-10-16)11-19-20(23)22-21(24)31-19/h4-10,12,18-19H,11,13H2,1-3H3,(H,22,23,24). The summed E-state index contributed by atoms with van der Waals surface area (Å²) in [5.74, 6) is 1.11. The Morgan fingerprint density at radius 3 is 2.39 bits per heavy atom. The van der Waals surface area contributed by atoms with E-state index < -0.39 is 20.0 Å². The maximum absolute atomic E-state index is 11.7. The summed E-state index contributed by atoms with van der Waals surface area (Å²) in [6.07, 6.45) is 0.0368. The molecule has 0 bridgehead atoms. The van der Waals surface area contributed by atoms with Crippen molar-refractivity contribution >= 4 is 31.5 Å². The van der Waals surface area contributed by atoms with Gasteiger partial charge < -0.3 is 23.0 Å². The number of hydrogen-bond donors (Lipinski definition) is 1. The summed E-state index contributed by atoms with van der Waals surface area (Å²) < 4.78 is 27.7. The first-order chi connectivity index (χ1) is 15.0. The molecule has 3 rings (SSSR count). The topological polar surface area (TPSA) is 92.3 Å². The Balaban J connectivity index is 1.64. The molecule has 0 saturated carbocycles. The molecule has 2 atom stereocenters. The van der Waals surface area contributed by atoms with Crippen LogP contribution in [0.2, 0.25) is 0 Å². The first-order valence-electron chi connectivity index (χ1n) is 9.44. The van der Waals surface area contributed by atoms with E-state index in [-0.39, 0.29) is 17.8 Å². The fourth-order valence-corrected chi connectivity index (χ4v) is 4.50. The molecule has 1 N–H and O–H groups in total. The molecule has 0 spiro atoms. The summed E-state index contributed by atoms with van der Waals surface area (Å²) >= 11 is 1.02. The number of rotatable bonds is 11. The zero-order valence-electron chi connectivity index (χ0n) is 17.4. The minimum atomic E-state index is -1.52. The first kappa shape index (κ1) is 23.5. The van der Waals surface area contributed by atoms with E-state index in [4.69, 9.17) is 23.0 Å². The number of nitrogens with one attached hydrogen (secondary N) is 1. The maximum atomic E-state index is 11.7. The van der Waals surface area contributed by atoms with Crippen LogP contribution in [-0.2, 0) is 24.8 Å². The van der Waals surface area contributed by atoms with Gasteiger partial charge in [-0.1, -0.05) is 36.0 Å². The van der Waals surface area contributed by atoms with Crippen LogP contribution in [-0.4, -0.2) is 44.3 Å². The highest BCUT2D eigenvalue weighted by Crippen LogP contribution is 2.43. The molecule has 2 unspecified atom stereocenters. The van der Waals surface area contributed by atoms with Gasteiger partial charge in [-0.05, 0) is 41.8 Å². The van der Waals surface area contributed by atoms with E-state index >= 15 is 0 Å². The molecule has 0 aromatic heterocycles. The molecular weight excluding hydrogens is 441 g/mol. The van der Waals surface area contributed by atoms with E-state index in [1.807, 2.05) is 48.5 Å². The summed E-state index contributed by atoms with van der Waals surface area (Å²) in [5, 5.41) is 1.60. The van der Waals surface area contributed by atoms with Crippen LogP contribution in [0.25, 0.3) is 0 Å². The summed E-state index contributed by atoms with van der Waals surface area (Å²) in [6.45, 7) is 0.230. The lowest BCUT2D eigenvalue weighted by atomic mass is 10.1. The quantitative estimate of drug-likeness (QED) is 0.493. The number of methoxy groups -OCH3 is 1. The molecule has 8 nitrogen and oxygen atoms in total. The van der Waals surface area contributed by atoms with Crippen LogP contribution < -0.4 is 14.8 Å². The SMILES string of the molecule is COc1cccc(C(COc2ccc(CC3SC(=O)NC3=O)cc2)OP(OC)OC)c1. The van der Waals surface area contributed by atoms with E-state index in [0.717, 1.165) is 22.9 Å². The monoisotopic (exact) mass is 465 g/mol. The van der Waals surface area contributed by atoms with Crippen molar-refractivity contribution < 1.29 is 32.6 Å².